The van der Waals surface area contributed by atoms with Crippen molar-refractivity contribution in [3.05, 3.63) is 28.8 Å². The van der Waals surface area contributed by atoms with Crippen LogP contribution in [0.1, 0.15) is 97.5 Å². The van der Waals surface area contributed by atoms with Gasteiger partial charge in [-0.25, -0.2) is 0 Å². The maximum Gasteiger partial charge on any atom is 0.249 e. The lowest BCUT2D eigenvalue weighted by atomic mass is 9.77. The van der Waals surface area contributed by atoms with E-state index in [1.165, 1.54) is 56.9 Å². The zero-order chi connectivity index (χ0) is 16.2. The van der Waals surface area contributed by atoms with E-state index in [2.05, 4.69) is 6.07 Å². The molecule has 1 aromatic carbocycles. The van der Waals surface area contributed by atoms with E-state index >= 15 is 0 Å². The van der Waals surface area contributed by atoms with Crippen LogP contribution in [0.25, 0.3) is 0 Å². The van der Waals surface area contributed by atoms with Crippen molar-refractivity contribution in [3.63, 3.8) is 0 Å². The lowest BCUT2D eigenvalue weighted by molar-refractivity contribution is 0.0998. The van der Waals surface area contributed by atoms with Crippen molar-refractivity contribution in [2.45, 2.75) is 76.0 Å². The standard InChI is InChI=1S/C20H29NO2/c1-23-19-16(14-8-4-2-5-9-14)12-13-17(20(21)22)18(19)15-10-6-3-7-11-15/h12-15H,2-11H2,1H3,(H2,21,22). The lowest BCUT2D eigenvalue weighted by Crippen LogP contribution is -2.19. The summed E-state index contributed by atoms with van der Waals surface area (Å²) in [6.07, 6.45) is 12.5. The number of nitrogens with two attached hydrogens (primary N) is 1. The predicted octanol–water partition coefficient (Wildman–Crippen LogP) is 4.89. The maximum absolute atomic E-state index is 12.0. The van der Waals surface area contributed by atoms with E-state index in [9.17, 15) is 4.79 Å². The Labute approximate surface area is 139 Å². The van der Waals surface area contributed by atoms with Crippen molar-refractivity contribution in [3.8, 4) is 5.75 Å². The third-order valence-electron chi connectivity index (χ3n) is 5.75. The molecule has 0 saturated heterocycles. The first-order valence-corrected chi connectivity index (χ1v) is 9.23. The summed E-state index contributed by atoms with van der Waals surface area (Å²) >= 11 is 0. The molecule has 2 N–H and O–H groups in total. The van der Waals surface area contributed by atoms with Crippen LogP contribution in [0.3, 0.4) is 0 Å². The number of rotatable bonds is 4. The van der Waals surface area contributed by atoms with Crippen molar-refractivity contribution in [2.75, 3.05) is 7.11 Å². The normalized spacial score (nSPS) is 20.4. The summed E-state index contributed by atoms with van der Waals surface area (Å²) in [6, 6.07) is 4.06. The highest BCUT2D eigenvalue weighted by Gasteiger charge is 2.28. The molecule has 0 radical (unpaired) electrons. The summed E-state index contributed by atoms with van der Waals surface area (Å²) in [7, 11) is 1.75. The molecule has 2 saturated carbocycles. The van der Waals surface area contributed by atoms with Crippen molar-refractivity contribution in [1.29, 1.82) is 0 Å². The van der Waals surface area contributed by atoms with Crippen LogP contribution >= 0.6 is 0 Å². The number of primary amides is 1. The Morgan fingerprint density at radius 1 is 0.957 bits per heavy atom. The van der Waals surface area contributed by atoms with Gasteiger partial charge in [0.2, 0.25) is 5.91 Å². The van der Waals surface area contributed by atoms with Crippen LogP contribution in [0, 0.1) is 0 Å². The fraction of sp³-hybridized carbons (Fsp3) is 0.650. The number of ether oxygens (including phenoxy) is 1. The molecular weight excluding hydrogens is 286 g/mol. The molecule has 23 heavy (non-hydrogen) atoms. The van der Waals surface area contributed by atoms with Gasteiger partial charge in [-0.1, -0.05) is 44.6 Å². The molecule has 0 spiro atoms. The van der Waals surface area contributed by atoms with Gasteiger partial charge >= 0.3 is 0 Å². The van der Waals surface area contributed by atoms with Gasteiger partial charge in [-0.3, -0.25) is 4.79 Å². The van der Waals surface area contributed by atoms with E-state index in [1.54, 1.807) is 7.11 Å². The summed E-state index contributed by atoms with van der Waals surface area (Å²) in [5.41, 5.74) is 8.76. The second kappa shape index (κ2) is 7.37. The van der Waals surface area contributed by atoms with Gasteiger partial charge in [0.1, 0.15) is 5.75 Å². The van der Waals surface area contributed by atoms with Crippen molar-refractivity contribution in [1.82, 2.24) is 0 Å². The maximum atomic E-state index is 12.0. The Hall–Kier alpha value is -1.51. The van der Waals surface area contributed by atoms with Crippen LogP contribution in [0.2, 0.25) is 0 Å². The Bertz CT molecular complexity index is 555. The number of amides is 1. The van der Waals surface area contributed by atoms with Crippen LogP contribution < -0.4 is 10.5 Å². The third-order valence-corrected chi connectivity index (χ3v) is 5.75. The topological polar surface area (TPSA) is 52.3 Å². The lowest BCUT2D eigenvalue weighted by Gasteiger charge is -2.30. The minimum absolute atomic E-state index is 0.320. The van der Waals surface area contributed by atoms with E-state index < -0.39 is 0 Å². The number of hydrogen-bond acceptors (Lipinski definition) is 2. The molecule has 3 nitrogen and oxygen atoms in total. The van der Waals surface area contributed by atoms with Gasteiger partial charge in [0.25, 0.3) is 0 Å². The molecule has 3 heteroatoms. The molecule has 0 aromatic heterocycles. The number of methoxy groups -OCH3 is 1. The van der Waals surface area contributed by atoms with Crippen molar-refractivity contribution in [2.24, 2.45) is 5.73 Å². The fourth-order valence-electron chi connectivity index (χ4n) is 4.59. The van der Waals surface area contributed by atoms with E-state index in [1.807, 2.05) is 6.07 Å². The molecule has 2 aliphatic carbocycles. The zero-order valence-electron chi connectivity index (χ0n) is 14.3. The molecule has 0 heterocycles. The first-order valence-electron chi connectivity index (χ1n) is 9.23. The third kappa shape index (κ3) is 3.39. The smallest absolute Gasteiger partial charge is 0.249 e. The second-order valence-corrected chi connectivity index (χ2v) is 7.18. The van der Waals surface area contributed by atoms with Gasteiger partial charge in [0.05, 0.1) is 7.11 Å². The molecule has 0 aliphatic heterocycles. The van der Waals surface area contributed by atoms with Gasteiger partial charge in [-0.15, -0.1) is 0 Å². The SMILES string of the molecule is COc1c(C2CCCCC2)ccc(C(N)=O)c1C1CCCCC1. The summed E-state index contributed by atoms with van der Waals surface area (Å²) in [5, 5.41) is 0. The largest absolute Gasteiger partial charge is 0.496 e. The molecule has 0 atom stereocenters. The van der Waals surface area contributed by atoms with Crippen LogP contribution in [0.15, 0.2) is 12.1 Å². The number of carbonyl (C=O) groups excluding carboxylic acids is 1. The van der Waals surface area contributed by atoms with Crippen LogP contribution in [-0.4, -0.2) is 13.0 Å². The summed E-state index contributed by atoms with van der Waals surface area (Å²) in [4.78, 5) is 12.0. The summed E-state index contributed by atoms with van der Waals surface area (Å²) < 4.78 is 5.87. The van der Waals surface area contributed by atoms with E-state index in [4.69, 9.17) is 10.5 Å². The number of hydrogen-bond donors (Lipinski definition) is 1. The van der Waals surface area contributed by atoms with E-state index in [0.29, 0.717) is 17.4 Å². The minimum Gasteiger partial charge on any atom is -0.496 e. The Morgan fingerprint density at radius 3 is 2.04 bits per heavy atom. The van der Waals surface area contributed by atoms with Crippen LogP contribution in [0.4, 0.5) is 0 Å². The van der Waals surface area contributed by atoms with Crippen LogP contribution in [-0.2, 0) is 0 Å². The molecule has 3 rings (SSSR count). The number of carbonyl (C=O) groups is 1. The monoisotopic (exact) mass is 315 g/mol. The zero-order valence-corrected chi connectivity index (χ0v) is 14.3. The number of benzene rings is 1. The van der Waals surface area contributed by atoms with Gasteiger partial charge in [0, 0.05) is 11.1 Å². The summed E-state index contributed by atoms with van der Waals surface area (Å²) in [6.45, 7) is 0. The Balaban J connectivity index is 2.06. The highest BCUT2D eigenvalue weighted by Crippen LogP contribution is 2.45. The Kier molecular flexibility index (Phi) is 5.24. The second-order valence-electron chi connectivity index (χ2n) is 7.18. The van der Waals surface area contributed by atoms with Crippen molar-refractivity contribution >= 4 is 5.91 Å². The van der Waals surface area contributed by atoms with Crippen LogP contribution in [0.5, 0.6) is 5.75 Å². The van der Waals surface area contributed by atoms with E-state index in [-0.39, 0.29) is 5.91 Å². The first kappa shape index (κ1) is 16.4. The average molecular weight is 315 g/mol. The highest BCUT2D eigenvalue weighted by molar-refractivity contribution is 5.95. The molecule has 126 valence electrons. The van der Waals surface area contributed by atoms with Gasteiger partial charge in [-0.2, -0.15) is 0 Å². The summed E-state index contributed by atoms with van der Waals surface area (Å²) in [5.74, 6) is 1.63. The van der Waals surface area contributed by atoms with E-state index in [0.717, 1.165) is 24.2 Å². The quantitative estimate of drug-likeness (QED) is 0.860. The molecule has 0 unspecified atom stereocenters. The molecule has 1 amide bonds. The Morgan fingerprint density at radius 2 is 1.52 bits per heavy atom. The predicted molar refractivity (Wildman–Crippen MR) is 93.2 cm³/mol. The molecular formula is C20H29NO2. The van der Waals surface area contributed by atoms with Gasteiger partial charge in [0.15, 0.2) is 0 Å². The minimum atomic E-state index is -0.320. The molecule has 0 bridgehead atoms. The van der Waals surface area contributed by atoms with Gasteiger partial charge < -0.3 is 10.5 Å². The molecule has 2 fully saturated rings. The van der Waals surface area contributed by atoms with Crippen molar-refractivity contribution < 1.29 is 9.53 Å². The average Bonchev–Trinajstić information content (AvgIpc) is 2.61. The highest BCUT2D eigenvalue weighted by atomic mass is 16.5. The molecule has 2 aliphatic rings. The van der Waals surface area contributed by atoms with Gasteiger partial charge in [-0.05, 0) is 49.1 Å². The first-order chi connectivity index (χ1) is 11.2. The fourth-order valence-corrected chi connectivity index (χ4v) is 4.59. The molecule has 1 aromatic rings.